The molecule has 0 aliphatic heterocycles. The summed E-state index contributed by atoms with van der Waals surface area (Å²) in [4.78, 5) is 19.6. The molecular formula is C16H28N4OS. The highest BCUT2D eigenvalue weighted by Gasteiger charge is 2.07. The van der Waals surface area contributed by atoms with Crippen LogP contribution in [0.1, 0.15) is 31.6 Å². The van der Waals surface area contributed by atoms with E-state index in [1.54, 1.807) is 11.3 Å². The van der Waals surface area contributed by atoms with Crippen LogP contribution < -0.4 is 10.6 Å². The summed E-state index contributed by atoms with van der Waals surface area (Å²) in [6.45, 7) is 7.09. The number of thiophene rings is 1. The van der Waals surface area contributed by atoms with Crippen LogP contribution in [0.3, 0.4) is 0 Å². The van der Waals surface area contributed by atoms with Crippen LogP contribution in [0.15, 0.2) is 22.5 Å². The number of guanidine groups is 1. The molecule has 5 nitrogen and oxygen atoms in total. The molecule has 0 atom stereocenters. The predicted molar refractivity (Wildman–Crippen MR) is 94.5 cm³/mol. The molecule has 22 heavy (non-hydrogen) atoms. The molecule has 1 aromatic heterocycles. The second kappa shape index (κ2) is 11.1. The highest BCUT2D eigenvalue weighted by atomic mass is 32.1. The van der Waals surface area contributed by atoms with Gasteiger partial charge < -0.3 is 15.5 Å². The average molecular weight is 324 g/mol. The zero-order valence-electron chi connectivity index (χ0n) is 13.9. The van der Waals surface area contributed by atoms with Gasteiger partial charge in [-0.25, -0.2) is 0 Å². The zero-order chi connectivity index (χ0) is 16.2. The van der Waals surface area contributed by atoms with Gasteiger partial charge in [0.2, 0.25) is 5.91 Å². The van der Waals surface area contributed by atoms with E-state index in [1.165, 1.54) is 4.88 Å². The van der Waals surface area contributed by atoms with Gasteiger partial charge in [0, 0.05) is 38.0 Å². The van der Waals surface area contributed by atoms with Gasteiger partial charge in [0.25, 0.3) is 0 Å². The quantitative estimate of drug-likeness (QED) is 0.540. The second-order valence-electron chi connectivity index (χ2n) is 5.09. The third kappa shape index (κ3) is 7.45. The van der Waals surface area contributed by atoms with Crippen molar-refractivity contribution in [3.8, 4) is 0 Å². The standard InChI is InChI=1S/C16H28N4OS/c1-4-10-18-15(21)8-11-19-16(17-5-2)20(3)12-9-14-7-6-13-22-14/h6-7,13H,4-5,8-12H2,1-3H3,(H,17,19)(H,18,21). The molecule has 6 heteroatoms. The molecule has 1 rings (SSSR count). The van der Waals surface area contributed by atoms with Crippen molar-refractivity contribution in [1.29, 1.82) is 0 Å². The first-order valence-electron chi connectivity index (χ1n) is 7.95. The van der Waals surface area contributed by atoms with Crippen molar-refractivity contribution in [2.45, 2.75) is 33.1 Å². The number of aliphatic imine (C=N–C) groups is 1. The zero-order valence-corrected chi connectivity index (χ0v) is 14.7. The highest BCUT2D eigenvalue weighted by molar-refractivity contribution is 7.09. The Kier molecular flexibility index (Phi) is 9.30. The first kappa shape index (κ1) is 18.5. The highest BCUT2D eigenvalue weighted by Crippen LogP contribution is 2.09. The Morgan fingerprint density at radius 2 is 2.18 bits per heavy atom. The maximum Gasteiger partial charge on any atom is 0.221 e. The minimum Gasteiger partial charge on any atom is -0.357 e. The lowest BCUT2D eigenvalue weighted by atomic mass is 10.3. The molecule has 1 amide bonds. The second-order valence-corrected chi connectivity index (χ2v) is 6.12. The maximum atomic E-state index is 11.6. The number of nitrogens with zero attached hydrogens (tertiary/aromatic N) is 2. The predicted octanol–water partition coefficient (Wildman–Crippen LogP) is 2.10. The summed E-state index contributed by atoms with van der Waals surface area (Å²) >= 11 is 1.78. The number of amides is 1. The van der Waals surface area contributed by atoms with Gasteiger partial charge in [0.1, 0.15) is 0 Å². The Hall–Kier alpha value is -1.56. The van der Waals surface area contributed by atoms with E-state index in [0.717, 1.165) is 38.4 Å². The summed E-state index contributed by atoms with van der Waals surface area (Å²) < 4.78 is 0. The summed E-state index contributed by atoms with van der Waals surface area (Å²) in [6, 6.07) is 4.23. The summed E-state index contributed by atoms with van der Waals surface area (Å²) in [5.41, 5.74) is 0. The molecular weight excluding hydrogens is 296 g/mol. The van der Waals surface area contributed by atoms with Gasteiger partial charge in [-0.3, -0.25) is 9.79 Å². The molecule has 2 N–H and O–H groups in total. The Morgan fingerprint density at radius 3 is 2.82 bits per heavy atom. The molecule has 0 saturated carbocycles. The number of carbonyl (C=O) groups excluding carboxylic acids is 1. The van der Waals surface area contributed by atoms with Crippen molar-refractivity contribution < 1.29 is 4.79 Å². The van der Waals surface area contributed by atoms with Crippen molar-refractivity contribution in [3.63, 3.8) is 0 Å². The Labute approximate surface area is 137 Å². The van der Waals surface area contributed by atoms with E-state index in [0.29, 0.717) is 13.0 Å². The first-order chi connectivity index (χ1) is 10.7. The van der Waals surface area contributed by atoms with Crippen molar-refractivity contribution in [3.05, 3.63) is 22.4 Å². The largest absolute Gasteiger partial charge is 0.357 e. The minimum absolute atomic E-state index is 0.0719. The fourth-order valence-corrected chi connectivity index (χ4v) is 2.62. The number of hydrogen-bond acceptors (Lipinski definition) is 3. The van der Waals surface area contributed by atoms with Gasteiger partial charge in [0.05, 0.1) is 6.54 Å². The summed E-state index contributed by atoms with van der Waals surface area (Å²) in [6.07, 6.45) is 2.41. The molecule has 0 radical (unpaired) electrons. The van der Waals surface area contributed by atoms with Crippen LogP contribution >= 0.6 is 11.3 Å². The van der Waals surface area contributed by atoms with E-state index in [1.807, 2.05) is 14.0 Å². The van der Waals surface area contributed by atoms with E-state index in [2.05, 4.69) is 45.0 Å². The topological polar surface area (TPSA) is 56.7 Å². The van der Waals surface area contributed by atoms with E-state index < -0.39 is 0 Å². The molecule has 0 aromatic carbocycles. The van der Waals surface area contributed by atoms with Crippen LogP contribution in [-0.2, 0) is 11.2 Å². The lowest BCUT2D eigenvalue weighted by Crippen LogP contribution is -2.40. The molecule has 0 aliphatic rings. The molecule has 0 spiro atoms. The van der Waals surface area contributed by atoms with Gasteiger partial charge in [-0.2, -0.15) is 0 Å². The molecule has 0 aliphatic carbocycles. The van der Waals surface area contributed by atoms with Crippen molar-refractivity contribution >= 4 is 23.2 Å². The lowest BCUT2D eigenvalue weighted by Gasteiger charge is -2.21. The van der Waals surface area contributed by atoms with Crippen LogP contribution in [-0.4, -0.2) is 50.0 Å². The maximum absolute atomic E-state index is 11.6. The SMILES string of the molecule is CCCNC(=O)CCN=C(NCC)N(C)CCc1cccs1. The fourth-order valence-electron chi connectivity index (χ4n) is 1.92. The number of rotatable bonds is 9. The smallest absolute Gasteiger partial charge is 0.221 e. The molecule has 0 saturated heterocycles. The summed E-state index contributed by atoms with van der Waals surface area (Å²) in [5.74, 6) is 0.935. The van der Waals surface area contributed by atoms with Crippen LogP contribution in [0, 0.1) is 0 Å². The van der Waals surface area contributed by atoms with Gasteiger partial charge in [-0.05, 0) is 31.2 Å². The van der Waals surface area contributed by atoms with E-state index in [4.69, 9.17) is 0 Å². The van der Waals surface area contributed by atoms with Crippen molar-refractivity contribution in [2.24, 2.45) is 4.99 Å². The van der Waals surface area contributed by atoms with Gasteiger partial charge in [-0.15, -0.1) is 11.3 Å². The summed E-state index contributed by atoms with van der Waals surface area (Å²) in [5, 5.41) is 8.25. The lowest BCUT2D eigenvalue weighted by molar-refractivity contribution is -0.120. The number of carbonyl (C=O) groups is 1. The molecule has 1 heterocycles. The number of hydrogen-bond donors (Lipinski definition) is 2. The van der Waals surface area contributed by atoms with E-state index in [-0.39, 0.29) is 5.91 Å². The van der Waals surface area contributed by atoms with Gasteiger partial charge in [-0.1, -0.05) is 13.0 Å². The molecule has 124 valence electrons. The Balaban J connectivity index is 2.41. The summed E-state index contributed by atoms with van der Waals surface area (Å²) in [7, 11) is 2.03. The average Bonchev–Trinajstić information content (AvgIpc) is 3.03. The van der Waals surface area contributed by atoms with Crippen LogP contribution in [0.2, 0.25) is 0 Å². The third-order valence-electron chi connectivity index (χ3n) is 3.14. The van der Waals surface area contributed by atoms with Crippen LogP contribution in [0.5, 0.6) is 0 Å². The molecule has 0 unspecified atom stereocenters. The molecule has 0 fully saturated rings. The molecule has 1 aromatic rings. The normalized spacial score (nSPS) is 11.3. The Bertz CT molecular complexity index is 445. The van der Waals surface area contributed by atoms with Crippen molar-refractivity contribution in [2.75, 3.05) is 33.2 Å². The van der Waals surface area contributed by atoms with Crippen LogP contribution in [0.4, 0.5) is 0 Å². The number of likely N-dealkylation sites (N-methyl/N-ethyl adjacent to an activating group) is 1. The van der Waals surface area contributed by atoms with Gasteiger partial charge >= 0.3 is 0 Å². The fraction of sp³-hybridized carbons (Fsp3) is 0.625. The minimum atomic E-state index is 0.0719. The van der Waals surface area contributed by atoms with Gasteiger partial charge in [0.15, 0.2) is 5.96 Å². The monoisotopic (exact) mass is 324 g/mol. The third-order valence-corrected chi connectivity index (χ3v) is 4.08. The van der Waals surface area contributed by atoms with E-state index in [9.17, 15) is 4.79 Å². The van der Waals surface area contributed by atoms with Crippen LogP contribution in [0.25, 0.3) is 0 Å². The molecule has 0 bridgehead atoms. The number of nitrogens with one attached hydrogen (secondary N) is 2. The van der Waals surface area contributed by atoms with Crippen molar-refractivity contribution in [1.82, 2.24) is 15.5 Å². The first-order valence-corrected chi connectivity index (χ1v) is 8.83. The Morgan fingerprint density at radius 1 is 1.36 bits per heavy atom. The van der Waals surface area contributed by atoms with E-state index >= 15 is 0 Å².